The Balaban J connectivity index is 1.20. The molecule has 1 heterocycles. The van der Waals surface area contributed by atoms with Gasteiger partial charge in [-0.05, 0) is 84.3 Å². The molecule has 9 rings (SSSR count). The largest absolute Gasteiger partial charge is 0.138 e. The summed E-state index contributed by atoms with van der Waals surface area (Å²) in [6, 6.07) is 51.5. The first-order valence-corrected chi connectivity index (χ1v) is 15.9. The van der Waals surface area contributed by atoms with Crippen LogP contribution in [-0.2, 0) is 0 Å². The van der Waals surface area contributed by atoms with Gasteiger partial charge in [0.25, 0.3) is 0 Å². The van der Waals surface area contributed by atoms with Crippen molar-refractivity contribution in [2.75, 3.05) is 0 Å². The van der Waals surface area contributed by atoms with Crippen molar-refractivity contribution in [2.24, 2.45) is 0 Å². The Labute approximate surface area is 255 Å². The van der Waals surface area contributed by atoms with Gasteiger partial charge in [0.2, 0.25) is 0 Å². The summed E-state index contributed by atoms with van der Waals surface area (Å²) in [6.07, 6.45) is 5.75. The zero-order valence-corrected chi connectivity index (χ0v) is 24.4. The van der Waals surface area contributed by atoms with Gasteiger partial charge in [0.15, 0.2) is 0 Å². The normalized spacial score (nSPS) is 14.6. The summed E-state index contributed by atoms with van der Waals surface area (Å²) in [6.45, 7) is 0. The predicted molar refractivity (Wildman–Crippen MR) is 187 cm³/mol. The van der Waals surface area contributed by atoms with E-state index in [1.165, 1.54) is 80.7 Å². The molecule has 0 bridgehead atoms. The van der Waals surface area contributed by atoms with Crippen LogP contribution in [-0.4, -0.2) is 0 Å². The third-order valence-electron chi connectivity index (χ3n) is 9.21. The SMILES string of the molecule is C1=Cc2c(sc3c(-c4cccc(-c5ccc6c7ccccc7c7ccccc7c6c5)c4)cccc23)C(c2ccccc2)C1. The fraction of sp³-hybridized carbons (Fsp3) is 0.0476. The summed E-state index contributed by atoms with van der Waals surface area (Å²) in [5.74, 6) is 0.418. The second kappa shape index (κ2) is 9.80. The summed E-state index contributed by atoms with van der Waals surface area (Å²) >= 11 is 1.98. The van der Waals surface area contributed by atoms with Gasteiger partial charge in [-0.3, -0.25) is 0 Å². The fourth-order valence-corrected chi connectivity index (χ4v) is 8.64. The molecule has 8 aromatic rings. The van der Waals surface area contributed by atoms with Crippen LogP contribution in [0.2, 0.25) is 0 Å². The van der Waals surface area contributed by atoms with Crippen LogP contribution < -0.4 is 0 Å². The van der Waals surface area contributed by atoms with Crippen LogP contribution in [0.4, 0.5) is 0 Å². The standard InChI is InChI=1S/C42H28S/c1-2-11-27(12-3-1)31-19-9-21-38-39-22-10-20-32(42(39)43-41(31)38)30-14-8-13-28(25-30)29-23-24-37-35-17-5-4-15-33(35)34-16-6-7-18-36(34)40(37)26-29/h1-18,20-26,31H,19H2. The third kappa shape index (κ3) is 3.89. The van der Waals surface area contributed by atoms with E-state index in [0.717, 1.165) is 6.42 Å². The lowest BCUT2D eigenvalue weighted by Crippen LogP contribution is -2.02. The van der Waals surface area contributed by atoms with Crippen LogP contribution in [0.3, 0.4) is 0 Å². The van der Waals surface area contributed by atoms with E-state index in [1.54, 1.807) is 0 Å². The van der Waals surface area contributed by atoms with Gasteiger partial charge in [-0.25, -0.2) is 0 Å². The van der Waals surface area contributed by atoms with Gasteiger partial charge in [-0.15, -0.1) is 11.3 Å². The lowest BCUT2D eigenvalue weighted by molar-refractivity contribution is 0.840. The number of benzene rings is 7. The zero-order chi connectivity index (χ0) is 28.3. The number of hydrogen-bond donors (Lipinski definition) is 0. The lowest BCUT2D eigenvalue weighted by Gasteiger charge is -2.18. The van der Waals surface area contributed by atoms with Gasteiger partial charge < -0.3 is 0 Å². The van der Waals surface area contributed by atoms with Gasteiger partial charge in [-0.2, -0.15) is 0 Å². The second-order valence-electron chi connectivity index (χ2n) is 11.6. The first-order chi connectivity index (χ1) is 21.3. The molecule has 0 N–H and O–H groups in total. The van der Waals surface area contributed by atoms with E-state index >= 15 is 0 Å². The summed E-state index contributed by atoms with van der Waals surface area (Å²) in [4.78, 5) is 1.49. The third-order valence-corrected chi connectivity index (χ3v) is 10.6. The van der Waals surface area contributed by atoms with E-state index in [9.17, 15) is 0 Å². The van der Waals surface area contributed by atoms with Crippen LogP contribution in [0.15, 0.2) is 146 Å². The molecule has 0 saturated heterocycles. The van der Waals surface area contributed by atoms with Crippen LogP contribution in [0.1, 0.15) is 28.3 Å². The molecule has 1 heteroatoms. The van der Waals surface area contributed by atoms with E-state index in [1.807, 2.05) is 11.3 Å². The molecular formula is C42H28S. The Morgan fingerprint density at radius 1 is 0.465 bits per heavy atom. The Hall–Kier alpha value is -4.98. The first-order valence-electron chi connectivity index (χ1n) is 15.0. The number of thiophene rings is 1. The molecule has 1 atom stereocenters. The highest BCUT2D eigenvalue weighted by molar-refractivity contribution is 7.20. The molecule has 7 aromatic carbocycles. The van der Waals surface area contributed by atoms with Crippen molar-refractivity contribution in [3.63, 3.8) is 0 Å². The number of allylic oxidation sites excluding steroid dienone is 1. The van der Waals surface area contributed by atoms with Crippen molar-refractivity contribution in [3.8, 4) is 22.3 Å². The summed E-state index contributed by atoms with van der Waals surface area (Å²) in [7, 11) is 0. The molecule has 0 radical (unpaired) electrons. The van der Waals surface area contributed by atoms with Crippen LogP contribution in [0, 0.1) is 0 Å². The van der Waals surface area contributed by atoms with Gasteiger partial charge in [0.05, 0.1) is 0 Å². The molecule has 0 spiro atoms. The zero-order valence-electron chi connectivity index (χ0n) is 23.6. The number of rotatable bonds is 3. The van der Waals surface area contributed by atoms with Gasteiger partial charge in [0.1, 0.15) is 0 Å². The molecule has 202 valence electrons. The van der Waals surface area contributed by atoms with Crippen LogP contribution in [0.25, 0.3) is 70.7 Å². The average molecular weight is 565 g/mol. The molecule has 1 aliphatic carbocycles. The lowest BCUT2D eigenvalue weighted by atomic mass is 9.87. The maximum absolute atomic E-state index is 2.39. The molecule has 0 nitrogen and oxygen atoms in total. The fourth-order valence-electron chi connectivity index (χ4n) is 7.17. The summed E-state index contributed by atoms with van der Waals surface area (Å²) in [5.41, 5.74) is 7.88. The number of fused-ring (bicyclic) bond motifs is 9. The monoisotopic (exact) mass is 564 g/mol. The highest BCUT2D eigenvalue weighted by atomic mass is 32.1. The highest BCUT2D eigenvalue weighted by Crippen LogP contribution is 2.47. The molecule has 0 aliphatic heterocycles. The highest BCUT2D eigenvalue weighted by Gasteiger charge is 2.24. The van der Waals surface area contributed by atoms with Gasteiger partial charge >= 0.3 is 0 Å². The van der Waals surface area contributed by atoms with E-state index < -0.39 is 0 Å². The quantitative estimate of drug-likeness (QED) is 0.187. The van der Waals surface area contributed by atoms with Crippen molar-refractivity contribution >= 4 is 59.8 Å². The maximum Gasteiger partial charge on any atom is 0.0430 e. The van der Waals surface area contributed by atoms with Crippen molar-refractivity contribution in [3.05, 3.63) is 162 Å². The minimum absolute atomic E-state index is 0.418. The maximum atomic E-state index is 2.39. The number of hydrogen-bond acceptors (Lipinski definition) is 1. The Bertz CT molecular complexity index is 2340. The summed E-state index contributed by atoms with van der Waals surface area (Å²) < 4.78 is 1.38. The minimum atomic E-state index is 0.418. The molecule has 1 aromatic heterocycles. The van der Waals surface area contributed by atoms with E-state index in [0.29, 0.717) is 5.92 Å². The molecule has 1 aliphatic rings. The van der Waals surface area contributed by atoms with Crippen molar-refractivity contribution in [1.82, 2.24) is 0 Å². The molecular weight excluding hydrogens is 537 g/mol. The van der Waals surface area contributed by atoms with E-state index in [4.69, 9.17) is 0 Å². The van der Waals surface area contributed by atoms with Gasteiger partial charge in [0, 0.05) is 20.9 Å². The van der Waals surface area contributed by atoms with Crippen molar-refractivity contribution in [2.45, 2.75) is 12.3 Å². The smallest absolute Gasteiger partial charge is 0.0430 e. The van der Waals surface area contributed by atoms with Crippen molar-refractivity contribution < 1.29 is 0 Å². The van der Waals surface area contributed by atoms with Crippen LogP contribution in [0.5, 0.6) is 0 Å². The molecule has 0 saturated carbocycles. The Kier molecular flexibility index (Phi) is 5.61. The Morgan fingerprint density at radius 2 is 1.07 bits per heavy atom. The van der Waals surface area contributed by atoms with Crippen molar-refractivity contribution in [1.29, 1.82) is 0 Å². The van der Waals surface area contributed by atoms with Crippen LogP contribution >= 0.6 is 11.3 Å². The predicted octanol–water partition coefficient (Wildman–Crippen LogP) is 12.2. The molecule has 0 amide bonds. The van der Waals surface area contributed by atoms with E-state index in [2.05, 4.69) is 152 Å². The first kappa shape index (κ1) is 24.6. The second-order valence-corrected chi connectivity index (χ2v) is 12.6. The Morgan fingerprint density at radius 3 is 1.84 bits per heavy atom. The molecule has 43 heavy (non-hydrogen) atoms. The minimum Gasteiger partial charge on any atom is -0.138 e. The summed E-state index contributed by atoms with van der Waals surface area (Å²) in [5, 5.41) is 9.23. The van der Waals surface area contributed by atoms with Gasteiger partial charge in [-0.1, -0.05) is 140 Å². The molecule has 0 fully saturated rings. The van der Waals surface area contributed by atoms with E-state index in [-0.39, 0.29) is 0 Å². The average Bonchev–Trinajstić information content (AvgIpc) is 3.48. The molecule has 1 unspecified atom stereocenters. The topological polar surface area (TPSA) is 0 Å².